The molecule has 0 saturated carbocycles. The zero-order valence-electron chi connectivity index (χ0n) is 9.75. The minimum absolute atomic E-state index is 0.579. The lowest BCUT2D eigenvalue weighted by Crippen LogP contribution is -1.83. The van der Waals surface area contributed by atoms with Gasteiger partial charge in [0.05, 0.1) is 0 Å². The first kappa shape index (κ1) is 11.4. The van der Waals surface area contributed by atoms with Crippen LogP contribution in [0.2, 0.25) is 0 Å². The summed E-state index contributed by atoms with van der Waals surface area (Å²) < 4.78 is 0. The lowest BCUT2D eigenvalue weighted by Gasteiger charge is -1.97. The number of hydrogen-bond donors (Lipinski definition) is 1. The maximum atomic E-state index is 5.64. The first-order valence-electron chi connectivity index (χ1n) is 5.46. The highest BCUT2D eigenvalue weighted by atomic mass is 32.1. The number of nitrogens with two attached hydrogens (primary N) is 1. The molecule has 5 heteroatoms. The summed E-state index contributed by atoms with van der Waals surface area (Å²) in [5.41, 5.74) is 9.77. The molecule has 3 aromatic rings. The molecular weight excluding hydrogens is 262 g/mol. The Bertz CT molecular complexity index is 685. The molecule has 0 atom stereocenters. The van der Waals surface area contributed by atoms with Gasteiger partial charge in [0, 0.05) is 16.3 Å². The molecule has 3 rings (SSSR count). The number of benzene rings is 1. The molecule has 0 bridgehead atoms. The van der Waals surface area contributed by atoms with Crippen LogP contribution < -0.4 is 5.73 Å². The van der Waals surface area contributed by atoms with Crippen LogP contribution >= 0.6 is 22.7 Å². The van der Waals surface area contributed by atoms with Gasteiger partial charge in [-0.3, -0.25) is 0 Å². The molecule has 3 nitrogen and oxygen atoms in total. The number of aryl methyl sites for hydroxylation is 1. The van der Waals surface area contributed by atoms with Crippen molar-refractivity contribution >= 4 is 27.8 Å². The van der Waals surface area contributed by atoms with Gasteiger partial charge < -0.3 is 5.73 Å². The van der Waals surface area contributed by atoms with E-state index in [4.69, 9.17) is 5.73 Å². The van der Waals surface area contributed by atoms with Crippen LogP contribution in [0.3, 0.4) is 0 Å². The maximum absolute atomic E-state index is 5.64. The Morgan fingerprint density at radius 3 is 2.56 bits per heavy atom. The molecule has 90 valence electrons. The molecule has 2 aromatic heterocycles. The highest BCUT2D eigenvalue weighted by molar-refractivity contribution is 7.14. The predicted octanol–water partition coefficient (Wildman–Crippen LogP) is 3.82. The number of thiazole rings is 2. The van der Waals surface area contributed by atoms with Gasteiger partial charge >= 0.3 is 0 Å². The lowest BCUT2D eigenvalue weighted by atomic mass is 10.1. The molecule has 0 unspecified atom stereocenters. The number of hydrogen-bond acceptors (Lipinski definition) is 5. The molecule has 0 spiro atoms. The topological polar surface area (TPSA) is 51.8 Å². The third-order valence-electron chi connectivity index (χ3n) is 2.55. The van der Waals surface area contributed by atoms with Crippen molar-refractivity contribution in [3.63, 3.8) is 0 Å². The molecular formula is C13H11N3S2. The fraction of sp³-hybridized carbons (Fsp3) is 0.0769. The van der Waals surface area contributed by atoms with Gasteiger partial charge in [0.15, 0.2) is 5.13 Å². The van der Waals surface area contributed by atoms with Gasteiger partial charge in [-0.1, -0.05) is 23.8 Å². The van der Waals surface area contributed by atoms with Gasteiger partial charge in [0.25, 0.3) is 0 Å². The first-order chi connectivity index (χ1) is 8.72. The molecule has 0 amide bonds. The third kappa shape index (κ3) is 2.14. The minimum atomic E-state index is 0.579. The summed E-state index contributed by atoms with van der Waals surface area (Å²) in [5.74, 6) is 0. The fourth-order valence-electron chi connectivity index (χ4n) is 1.71. The highest BCUT2D eigenvalue weighted by Crippen LogP contribution is 2.30. The predicted molar refractivity (Wildman–Crippen MR) is 77.8 cm³/mol. The van der Waals surface area contributed by atoms with Crippen LogP contribution in [0.1, 0.15) is 5.56 Å². The van der Waals surface area contributed by atoms with Gasteiger partial charge in [-0.2, -0.15) is 0 Å². The summed E-state index contributed by atoms with van der Waals surface area (Å²) in [6, 6.07) is 8.34. The second-order valence-corrected chi connectivity index (χ2v) is 5.73. The van der Waals surface area contributed by atoms with Crippen LogP contribution in [-0.4, -0.2) is 9.97 Å². The van der Waals surface area contributed by atoms with Crippen molar-refractivity contribution in [3.05, 3.63) is 40.6 Å². The number of rotatable bonds is 2. The van der Waals surface area contributed by atoms with Crippen molar-refractivity contribution in [1.82, 2.24) is 9.97 Å². The molecule has 1 aromatic carbocycles. The average Bonchev–Trinajstić information content (AvgIpc) is 2.97. The Labute approximate surface area is 113 Å². The van der Waals surface area contributed by atoms with E-state index >= 15 is 0 Å². The first-order valence-corrected chi connectivity index (χ1v) is 7.22. The second kappa shape index (κ2) is 4.51. The van der Waals surface area contributed by atoms with Crippen molar-refractivity contribution in [1.29, 1.82) is 0 Å². The third-order valence-corrected chi connectivity index (χ3v) is 4.12. The van der Waals surface area contributed by atoms with Crippen LogP contribution in [0.4, 0.5) is 5.13 Å². The Balaban J connectivity index is 1.99. The monoisotopic (exact) mass is 273 g/mol. The molecule has 0 aliphatic rings. The van der Waals surface area contributed by atoms with E-state index in [9.17, 15) is 0 Å². The van der Waals surface area contributed by atoms with Gasteiger partial charge in [0.1, 0.15) is 16.4 Å². The normalized spacial score (nSPS) is 10.7. The SMILES string of the molecule is Cc1cccc(-c2nc(-c3csc(N)n3)cs2)c1. The fourth-order valence-corrected chi connectivity index (χ4v) is 3.08. The van der Waals surface area contributed by atoms with Crippen LogP contribution in [-0.2, 0) is 0 Å². The van der Waals surface area contributed by atoms with Crippen molar-refractivity contribution in [2.45, 2.75) is 6.92 Å². The van der Waals surface area contributed by atoms with Gasteiger partial charge in [-0.15, -0.1) is 22.7 Å². The standard InChI is InChI=1S/C13H11N3S2/c1-8-3-2-4-9(5-8)12-15-10(6-17-12)11-7-18-13(14)16-11/h2-7H,1H3,(H2,14,16). The number of nitrogens with zero attached hydrogens (tertiary/aromatic N) is 2. The molecule has 18 heavy (non-hydrogen) atoms. The van der Waals surface area contributed by atoms with Crippen molar-refractivity contribution in [2.24, 2.45) is 0 Å². The summed E-state index contributed by atoms with van der Waals surface area (Å²) >= 11 is 3.07. The number of anilines is 1. The second-order valence-electron chi connectivity index (χ2n) is 3.98. The smallest absolute Gasteiger partial charge is 0.180 e. The summed E-state index contributed by atoms with van der Waals surface area (Å²) in [4.78, 5) is 8.86. The summed E-state index contributed by atoms with van der Waals surface area (Å²) in [7, 11) is 0. The van der Waals surface area contributed by atoms with E-state index in [0.717, 1.165) is 22.0 Å². The quantitative estimate of drug-likeness (QED) is 0.772. The summed E-state index contributed by atoms with van der Waals surface area (Å²) in [6.45, 7) is 2.08. The van der Waals surface area contributed by atoms with E-state index in [1.54, 1.807) is 11.3 Å². The van der Waals surface area contributed by atoms with Crippen molar-refractivity contribution in [3.8, 4) is 22.0 Å². The Morgan fingerprint density at radius 2 is 1.83 bits per heavy atom. The summed E-state index contributed by atoms with van der Waals surface area (Å²) in [6.07, 6.45) is 0. The van der Waals surface area contributed by atoms with E-state index in [1.807, 2.05) is 16.8 Å². The van der Waals surface area contributed by atoms with Crippen LogP contribution in [0.15, 0.2) is 35.0 Å². The molecule has 2 heterocycles. The molecule has 0 fully saturated rings. The van der Waals surface area contributed by atoms with E-state index in [-0.39, 0.29) is 0 Å². The number of aromatic nitrogens is 2. The number of nitrogen functional groups attached to an aromatic ring is 1. The van der Waals surface area contributed by atoms with E-state index in [1.165, 1.54) is 16.9 Å². The van der Waals surface area contributed by atoms with E-state index < -0.39 is 0 Å². The van der Waals surface area contributed by atoms with Crippen LogP contribution in [0.25, 0.3) is 22.0 Å². The Hall–Kier alpha value is -1.72. The Morgan fingerprint density at radius 1 is 1.06 bits per heavy atom. The Kier molecular flexibility index (Phi) is 2.85. The largest absolute Gasteiger partial charge is 0.375 e. The van der Waals surface area contributed by atoms with Gasteiger partial charge in [-0.25, -0.2) is 9.97 Å². The van der Waals surface area contributed by atoms with Gasteiger partial charge in [-0.05, 0) is 13.0 Å². The lowest BCUT2D eigenvalue weighted by molar-refractivity contribution is 1.33. The molecule has 0 radical (unpaired) electrons. The summed E-state index contributed by atoms with van der Waals surface area (Å²) in [5, 5.41) is 5.55. The van der Waals surface area contributed by atoms with E-state index in [2.05, 4.69) is 35.1 Å². The zero-order chi connectivity index (χ0) is 12.5. The minimum Gasteiger partial charge on any atom is -0.375 e. The molecule has 0 aliphatic carbocycles. The maximum Gasteiger partial charge on any atom is 0.180 e. The van der Waals surface area contributed by atoms with E-state index in [0.29, 0.717) is 5.13 Å². The highest BCUT2D eigenvalue weighted by Gasteiger charge is 2.09. The average molecular weight is 273 g/mol. The molecule has 2 N–H and O–H groups in total. The van der Waals surface area contributed by atoms with Crippen molar-refractivity contribution in [2.75, 3.05) is 5.73 Å². The molecule has 0 saturated heterocycles. The zero-order valence-corrected chi connectivity index (χ0v) is 11.4. The van der Waals surface area contributed by atoms with Gasteiger partial charge in [0.2, 0.25) is 0 Å². The van der Waals surface area contributed by atoms with Crippen LogP contribution in [0.5, 0.6) is 0 Å². The molecule has 0 aliphatic heterocycles. The van der Waals surface area contributed by atoms with Crippen molar-refractivity contribution < 1.29 is 0 Å². The van der Waals surface area contributed by atoms with Crippen LogP contribution in [0, 0.1) is 6.92 Å².